The topological polar surface area (TPSA) is 165 Å². The molecule has 0 radical (unpaired) electrons. The molecule has 0 aliphatic heterocycles. The first-order valence-electron chi connectivity index (χ1n) is 8.57. The molecule has 0 saturated heterocycles. The molecule has 5 N–H and O–H groups in total. The van der Waals surface area contributed by atoms with E-state index in [1.54, 1.807) is 18.4 Å². The molecule has 27 heavy (non-hydrogen) atoms. The lowest BCUT2D eigenvalue weighted by Crippen LogP contribution is -2.39. The molecule has 0 aromatic heterocycles. The average Bonchev–Trinajstić information content (AvgIpc) is 2.66. The Morgan fingerprint density at radius 2 is 1.85 bits per heavy atom. The van der Waals surface area contributed by atoms with Gasteiger partial charge in [0.15, 0.2) is 0 Å². The first kappa shape index (κ1) is 20.3. The van der Waals surface area contributed by atoms with Crippen molar-refractivity contribution in [3.63, 3.8) is 0 Å². The van der Waals surface area contributed by atoms with Gasteiger partial charge in [-0.05, 0) is 49.1 Å². The van der Waals surface area contributed by atoms with Crippen molar-refractivity contribution in [1.29, 1.82) is 0 Å². The summed E-state index contributed by atoms with van der Waals surface area (Å²) >= 11 is 0. The van der Waals surface area contributed by atoms with Gasteiger partial charge in [-0.15, -0.1) is 0 Å². The lowest BCUT2D eigenvalue weighted by molar-refractivity contribution is -0.384. The summed E-state index contributed by atoms with van der Waals surface area (Å²) in [6.07, 6.45) is 2.95. The number of amides is 2. The maximum atomic E-state index is 11.6. The summed E-state index contributed by atoms with van der Waals surface area (Å²) in [4.78, 5) is 44.6. The van der Waals surface area contributed by atoms with Crippen LogP contribution in [0.3, 0.4) is 0 Å². The maximum Gasteiger partial charge on any atom is 0.323 e. The molecule has 1 fully saturated rings. The van der Waals surface area contributed by atoms with Gasteiger partial charge in [0.25, 0.3) is 5.69 Å². The molecule has 1 aliphatic rings. The van der Waals surface area contributed by atoms with Crippen LogP contribution in [0.4, 0.5) is 11.4 Å². The predicted octanol–water partition coefficient (Wildman–Crippen LogP) is 1.52. The molecule has 0 heterocycles. The Morgan fingerprint density at radius 1 is 1.22 bits per heavy atom. The van der Waals surface area contributed by atoms with E-state index in [4.69, 9.17) is 10.9 Å². The smallest absolute Gasteiger partial charge is 0.323 e. The number of nitrogens with two attached hydrogens (primary N) is 1. The van der Waals surface area contributed by atoms with Crippen LogP contribution in [0.1, 0.15) is 44.1 Å². The molecule has 0 bridgehead atoms. The number of hydrazine groups is 1. The van der Waals surface area contributed by atoms with E-state index >= 15 is 0 Å². The number of nitro benzene ring substituents is 1. The van der Waals surface area contributed by atoms with Crippen molar-refractivity contribution in [2.75, 3.05) is 5.32 Å². The number of hydrogen-bond donors (Lipinski definition) is 4. The summed E-state index contributed by atoms with van der Waals surface area (Å²) in [7, 11) is 0. The lowest BCUT2D eigenvalue weighted by atomic mass is 9.74. The molecule has 1 aromatic carbocycles. The molecule has 1 atom stereocenters. The summed E-state index contributed by atoms with van der Waals surface area (Å²) in [5, 5.41) is 22.7. The lowest BCUT2D eigenvalue weighted by Gasteiger charge is -2.30. The Morgan fingerprint density at radius 3 is 2.37 bits per heavy atom. The highest BCUT2D eigenvalue weighted by Gasteiger charge is 2.30. The molecule has 0 spiro atoms. The monoisotopic (exact) mass is 378 g/mol. The van der Waals surface area contributed by atoms with E-state index in [2.05, 4.69) is 5.32 Å². The van der Waals surface area contributed by atoms with Gasteiger partial charge < -0.3 is 10.4 Å². The number of carbonyl (C=O) groups excluding carboxylic acids is 2. The van der Waals surface area contributed by atoms with Gasteiger partial charge in [0.05, 0.1) is 10.8 Å². The molecule has 2 amide bonds. The van der Waals surface area contributed by atoms with Crippen molar-refractivity contribution in [3.8, 4) is 0 Å². The van der Waals surface area contributed by atoms with Crippen LogP contribution in [0.2, 0.25) is 0 Å². The van der Waals surface area contributed by atoms with E-state index in [0.717, 1.165) is 31.2 Å². The number of anilines is 1. The first-order valence-corrected chi connectivity index (χ1v) is 8.57. The fourth-order valence-corrected chi connectivity index (χ4v) is 3.46. The van der Waals surface area contributed by atoms with Crippen molar-refractivity contribution >= 4 is 29.2 Å². The van der Waals surface area contributed by atoms with Crippen LogP contribution >= 0.6 is 0 Å². The molecule has 1 aliphatic carbocycles. The Labute approximate surface area is 155 Å². The summed E-state index contributed by atoms with van der Waals surface area (Å²) < 4.78 is 0. The van der Waals surface area contributed by atoms with Gasteiger partial charge in [-0.25, -0.2) is 5.84 Å². The second-order valence-corrected chi connectivity index (χ2v) is 6.70. The Balaban J connectivity index is 2.14. The van der Waals surface area contributed by atoms with Crippen LogP contribution in [-0.2, 0) is 14.4 Å². The van der Waals surface area contributed by atoms with E-state index in [1.807, 2.05) is 0 Å². The van der Waals surface area contributed by atoms with Crippen molar-refractivity contribution in [2.24, 2.45) is 17.7 Å². The van der Waals surface area contributed by atoms with Crippen molar-refractivity contribution in [3.05, 3.63) is 33.9 Å². The van der Waals surface area contributed by atoms with Gasteiger partial charge in [0.1, 0.15) is 5.69 Å². The fourth-order valence-electron chi connectivity index (χ4n) is 3.46. The third-order valence-corrected chi connectivity index (χ3v) is 5.14. The van der Waals surface area contributed by atoms with Crippen molar-refractivity contribution in [1.82, 2.24) is 5.43 Å². The van der Waals surface area contributed by atoms with Crippen LogP contribution < -0.4 is 16.6 Å². The van der Waals surface area contributed by atoms with Gasteiger partial charge in [-0.1, -0.05) is 13.0 Å². The Bertz CT molecular complexity index is 758. The van der Waals surface area contributed by atoms with Crippen molar-refractivity contribution < 1.29 is 24.4 Å². The number of hydrogen-bond acceptors (Lipinski definition) is 6. The van der Waals surface area contributed by atoms with Gasteiger partial charge in [-0.2, -0.15) is 0 Å². The molecule has 146 valence electrons. The Kier molecular flexibility index (Phi) is 6.45. The average molecular weight is 378 g/mol. The largest absolute Gasteiger partial charge is 0.481 e. The number of carboxylic acids is 1. The zero-order valence-corrected chi connectivity index (χ0v) is 14.8. The standard InChI is InChI=1S/C17H22N4O6/c1-9(17(24)25)10-2-4-11(5-3-10)12-6-7-13(14(8-12)21(26)27)19-15(22)16(23)20-18/h6-11H,2-5,18H2,1H3,(H,19,22)(H,20,23)(H,24,25)/t9?,10-,11-. The zero-order chi connectivity index (χ0) is 20.1. The molecule has 10 heteroatoms. The normalized spacial score (nSPS) is 20.4. The minimum Gasteiger partial charge on any atom is -0.481 e. The summed E-state index contributed by atoms with van der Waals surface area (Å²) in [5.41, 5.74) is 2.00. The minimum absolute atomic E-state index is 0.0815. The van der Waals surface area contributed by atoms with Crippen LogP contribution in [0.5, 0.6) is 0 Å². The number of nitrogens with zero attached hydrogens (tertiary/aromatic N) is 1. The SMILES string of the molecule is CC(C(=O)O)[C@H]1CC[C@H](c2ccc(NC(=O)C(=O)NN)c([N+](=O)[O-])c2)CC1. The number of aliphatic carboxylic acids is 1. The van der Waals surface area contributed by atoms with Crippen LogP contribution in [-0.4, -0.2) is 27.8 Å². The minimum atomic E-state index is -1.11. The number of nitro groups is 1. The van der Waals surface area contributed by atoms with Crippen LogP contribution in [0.15, 0.2) is 18.2 Å². The van der Waals surface area contributed by atoms with E-state index in [0.29, 0.717) is 0 Å². The number of benzene rings is 1. The molecular formula is C17H22N4O6. The highest BCUT2D eigenvalue weighted by Crippen LogP contribution is 2.40. The predicted molar refractivity (Wildman–Crippen MR) is 95.6 cm³/mol. The molecule has 2 rings (SSSR count). The van der Waals surface area contributed by atoms with E-state index in [-0.39, 0.29) is 23.2 Å². The number of carbonyl (C=O) groups is 3. The first-order chi connectivity index (χ1) is 12.7. The second kappa shape index (κ2) is 8.58. The van der Waals surface area contributed by atoms with Crippen LogP contribution in [0.25, 0.3) is 0 Å². The molecular weight excluding hydrogens is 356 g/mol. The summed E-state index contributed by atoms with van der Waals surface area (Å²) in [5.74, 6) is 1.61. The van der Waals surface area contributed by atoms with Crippen LogP contribution in [0, 0.1) is 22.0 Å². The zero-order valence-electron chi connectivity index (χ0n) is 14.8. The Hall–Kier alpha value is -3.01. The van der Waals surface area contributed by atoms with Gasteiger partial charge in [0.2, 0.25) is 0 Å². The van der Waals surface area contributed by atoms with Crippen molar-refractivity contribution in [2.45, 2.75) is 38.5 Å². The van der Waals surface area contributed by atoms with E-state index in [9.17, 15) is 24.5 Å². The third kappa shape index (κ3) is 4.79. The molecule has 1 saturated carbocycles. The molecule has 10 nitrogen and oxygen atoms in total. The van der Waals surface area contributed by atoms with Gasteiger partial charge in [-0.3, -0.25) is 29.9 Å². The quantitative estimate of drug-likeness (QED) is 0.198. The number of nitrogens with one attached hydrogen (secondary N) is 2. The highest BCUT2D eigenvalue weighted by atomic mass is 16.6. The van der Waals surface area contributed by atoms with E-state index in [1.165, 1.54) is 12.1 Å². The van der Waals surface area contributed by atoms with Gasteiger partial charge in [0, 0.05) is 6.07 Å². The number of rotatable bonds is 5. The molecule has 1 unspecified atom stereocenters. The molecule has 1 aromatic rings. The van der Waals surface area contributed by atoms with Gasteiger partial charge >= 0.3 is 17.8 Å². The fraction of sp³-hybridized carbons (Fsp3) is 0.471. The second-order valence-electron chi connectivity index (χ2n) is 6.70. The highest BCUT2D eigenvalue weighted by molar-refractivity contribution is 6.39. The summed E-state index contributed by atoms with van der Waals surface area (Å²) in [6.45, 7) is 1.70. The summed E-state index contributed by atoms with van der Waals surface area (Å²) in [6, 6.07) is 4.46. The third-order valence-electron chi connectivity index (χ3n) is 5.14. The maximum absolute atomic E-state index is 11.6. The number of carboxylic acid groups (broad SMARTS) is 1. The van der Waals surface area contributed by atoms with E-state index < -0.39 is 28.6 Å².